The summed E-state index contributed by atoms with van der Waals surface area (Å²) >= 11 is 0. The Kier molecular flexibility index (Phi) is 4.28. The van der Waals surface area contributed by atoms with Crippen molar-refractivity contribution in [2.75, 3.05) is 20.2 Å². The van der Waals surface area contributed by atoms with Crippen LogP contribution in [0.4, 0.5) is 0 Å². The fourth-order valence-electron chi connectivity index (χ4n) is 3.14. The quantitative estimate of drug-likeness (QED) is 0.883. The second kappa shape index (κ2) is 5.75. The standard InChI is InChI=1S/C16H25NO/c1-5-13-10-17-9-8-14(13)15-7-6-11(2)12(3)16(15)18-4/h6-7,13-14,17H,5,8-10H2,1-4H3. The smallest absolute Gasteiger partial charge is 0.125 e. The minimum Gasteiger partial charge on any atom is -0.496 e. The first-order valence-corrected chi connectivity index (χ1v) is 7.03. The number of benzene rings is 1. The molecule has 0 radical (unpaired) electrons. The van der Waals surface area contributed by atoms with E-state index in [0.29, 0.717) is 5.92 Å². The van der Waals surface area contributed by atoms with Gasteiger partial charge in [-0.05, 0) is 61.9 Å². The maximum absolute atomic E-state index is 5.68. The Labute approximate surface area is 111 Å². The van der Waals surface area contributed by atoms with Crippen LogP contribution >= 0.6 is 0 Å². The van der Waals surface area contributed by atoms with Gasteiger partial charge in [0.2, 0.25) is 0 Å². The van der Waals surface area contributed by atoms with E-state index in [1.165, 1.54) is 29.5 Å². The largest absolute Gasteiger partial charge is 0.496 e. The zero-order chi connectivity index (χ0) is 13.1. The first kappa shape index (κ1) is 13.4. The number of methoxy groups -OCH3 is 1. The van der Waals surface area contributed by atoms with Gasteiger partial charge in [-0.15, -0.1) is 0 Å². The van der Waals surface area contributed by atoms with E-state index in [2.05, 4.69) is 38.2 Å². The van der Waals surface area contributed by atoms with Crippen LogP contribution in [0.25, 0.3) is 0 Å². The van der Waals surface area contributed by atoms with Crippen molar-refractivity contribution in [2.24, 2.45) is 5.92 Å². The van der Waals surface area contributed by atoms with Crippen molar-refractivity contribution in [3.63, 3.8) is 0 Å². The highest BCUT2D eigenvalue weighted by Crippen LogP contribution is 2.39. The van der Waals surface area contributed by atoms with Crippen molar-refractivity contribution < 1.29 is 4.74 Å². The highest BCUT2D eigenvalue weighted by atomic mass is 16.5. The highest BCUT2D eigenvalue weighted by Gasteiger charge is 2.27. The van der Waals surface area contributed by atoms with Crippen LogP contribution in [-0.2, 0) is 0 Å². The monoisotopic (exact) mass is 247 g/mol. The second-order valence-corrected chi connectivity index (χ2v) is 5.40. The number of hydrogen-bond acceptors (Lipinski definition) is 2. The van der Waals surface area contributed by atoms with Crippen molar-refractivity contribution in [1.29, 1.82) is 0 Å². The maximum atomic E-state index is 5.68. The van der Waals surface area contributed by atoms with Crippen molar-refractivity contribution >= 4 is 0 Å². The first-order valence-electron chi connectivity index (χ1n) is 7.03. The minimum absolute atomic E-state index is 0.644. The summed E-state index contributed by atoms with van der Waals surface area (Å²) in [6.45, 7) is 8.87. The normalized spacial score (nSPS) is 24.0. The third-order valence-electron chi connectivity index (χ3n) is 4.44. The molecule has 1 fully saturated rings. The summed E-state index contributed by atoms with van der Waals surface area (Å²) in [7, 11) is 1.80. The third-order valence-corrected chi connectivity index (χ3v) is 4.44. The molecule has 2 nitrogen and oxygen atoms in total. The van der Waals surface area contributed by atoms with E-state index >= 15 is 0 Å². The summed E-state index contributed by atoms with van der Waals surface area (Å²) < 4.78 is 5.68. The van der Waals surface area contributed by atoms with Crippen molar-refractivity contribution in [2.45, 2.75) is 39.5 Å². The van der Waals surface area contributed by atoms with E-state index < -0.39 is 0 Å². The van der Waals surface area contributed by atoms with Crippen LogP contribution in [0.3, 0.4) is 0 Å². The molecule has 1 N–H and O–H groups in total. The van der Waals surface area contributed by atoms with Crippen LogP contribution in [0, 0.1) is 19.8 Å². The van der Waals surface area contributed by atoms with Gasteiger partial charge in [-0.1, -0.05) is 25.5 Å². The van der Waals surface area contributed by atoms with Crippen LogP contribution < -0.4 is 10.1 Å². The molecule has 0 aliphatic carbocycles. The Morgan fingerprint density at radius 3 is 2.78 bits per heavy atom. The third kappa shape index (κ3) is 2.39. The molecule has 100 valence electrons. The highest BCUT2D eigenvalue weighted by molar-refractivity contribution is 5.47. The van der Waals surface area contributed by atoms with E-state index in [9.17, 15) is 0 Å². The number of piperidine rings is 1. The molecular weight excluding hydrogens is 222 g/mol. The van der Waals surface area contributed by atoms with Crippen LogP contribution in [0.2, 0.25) is 0 Å². The summed E-state index contributed by atoms with van der Waals surface area (Å²) in [6, 6.07) is 4.52. The average Bonchev–Trinajstić information content (AvgIpc) is 2.41. The molecule has 1 aliphatic rings. The molecule has 1 aromatic carbocycles. The SMILES string of the molecule is CCC1CNCCC1c1ccc(C)c(C)c1OC. The van der Waals surface area contributed by atoms with Gasteiger partial charge in [-0.3, -0.25) is 0 Å². The van der Waals surface area contributed by atoms with Gasteiger partial charge < -0.3 is 10.1 Å². The molecule has 2 atom stereocenters. The molecule has 1 aliphatic heterocycles. The van der Waals surface area contributed by atoms with Crippen molar-refractivity contribution in [1.82, 2.24) is 5.32 Å². The summed E-state index contributed by atoms with van der Waals surface area (Å²) in [5.41, 5.74) is 4.02. The molecule has 0 spiro atoms. The van der Waals surface area contributed by atoms with E-state index in [1.54, 1.807) is 7.11 Å². The van der Waals surface area contributed by atoms with Gasteiger partial charge in [0.15, 0.2) is 0 Å². The van der Waals surface area contributed by atoms with Gasteiger partial charge in [-0.25, -0.2) is 0 Å². The van der Waals surface area contributed by atoms with Gasteiger partial charge in [0.1, 0.15) is 5.75 Å². The van der Waals surface area contributed by atoms with Gasteiger partial charge in [-0.2, -0.15) is 0 Å². The topological polar surface area (TPSA) is 21.3 Å². The summed E-state index contributed by atoms with van der Waals surface area (Å²) in [6.07, 6.45) is 2.45. The number of nitrogens with one attached hydrogen (secondary N) is 1. The molecule has 0 amide bonds. The Hall–Kier alpha value is -1.02. The molecule has 0 saturated carbocycles. The fourth-order valence-corrected chi connectivity index (χ4v) is 3.14. The summed E-state index contributed by atoms with van der Waals surface area (Å²) in [5, 5.41) is 3.51. The van der Waals surface area contributed by atoms with Gasteiger partial charge >= 0.3 is 0 Å². The lowest BCUT2D eigenvalue weighted by atomic mass is 9.78. The van der Waals surface area contributed by atoms with Gasteiger partial charge in [0.25, 0.3) is 0 Å². The lowest BCUT2D eigenvalue weighted by molar-refractivity contribution is 0.307. The summed E-state index contributed by atoms with van der Waals surface area (Å²) in [5.74, 6) is 2.49. The van der Waals surface area contributed by atoms with E-state index in [4.69, 9.17) is 4.74 Å². The van der Waals surface area contributed by atoms with Crippen molar-refractivity contribution in [3.05, 3.63) is 28.8 Å². The average molecular weight is 247 g/mol. The van der Waals surface area contributed by atoms with E-state index in [1.807, 2.05) is 0 Å². The second-order valence-electron chi connectivity index (χ2n) is 5.40. The predicted molar refractivity (Wildman–Crippen MR) is 76.5 cm³/mol. The molecule has 1 saturated heterocycles. The van der Waals surface area contributed by atoms with Crippen LogP contribution in [0.1, 0.15) is 42.4 Å². The molecule has 2 heteroatoms. The molecular formula is C16H25NO. The Bertz CT molecular complexity index is 414. The number of hydrogen-bond donors (Lipinski definition) is 1. The number of rotatable bonds is 3. The van der Waals surface area contributed by atoms with Gasteiger partial charge in [0.05, 0.1) is 7.11 Å². The Balaban J connectivity index is 2.39. The zero-order valence-electron chi connectivity index (χ0n) is 12.0. The van der Waals surface area contributed by atoms with Crippen LogP contribution in [-0.4, -0.2) is 20.2 Å². The lowest BCUT2D eigenvalue weighted by Gasteiger charge is -2.33. The molecule has 0 aromatic heterocycles. The van der Waals surface area contributed by atoms with E-state index in [-0.39, 0.29) is 0 Å². The number of aryl methyl sites for hydroxylation is 1. The van der Waals surface area contributed by atoms with Crippen molar-refractivity contribution in [3.8, 4) is 5.75 Å². The predicted octanol–water partition coefficient (Wildman–Crippen LogP) is 3.42. The first-order chi connectivity index (χ1) is 8.69. The molecule has 2 rings (SSSR count). The molecule has 0 bridgehead atoms. The van der Waals surface area contributed by atoms with E-state index in [0.717, 1.165) is 24.8 Å². The molecule has 1 heterocycles. The van der Waals surface area contributed by atoms with Crippen LogP contribution in [0.5, 0.6) is 5.75 Å². The molecule has 2 unspecified atom stereocenters. The fraction of sp³-hybridized carbons (Fsp3) is 0.625. The Morgan fingerprint density at radius 2 is 2.11 bits per heavy atom. The lowest BCUT2D eigenvalue weighted by Crippen LogP contribution is -2.35. The maximum Gasteiger partial charge on any atom is 0.125 e. The minimum atomic E-state index is 0.644. The summed E-state index contributed by atoms with van der Waals surface area (Å²) in [4.78, 5) is 0. The molecule has 1 aromatic rings. The zero-order valence-corrected chi connectivity index (χ0v) is 12.0. The molecule has 18 heavy (non-hydrogen) atoms. The van der Waals surface area contributed by atoms with Gasteiger partial charge in [0, 0.05) is 0 Å². The Morgan fingerprint density at radius 1 is 1.33 bits per heavy atom. The van der Waals surface area contributed by atoms with Crippen LogP contribution in [0.15, 0.2) is 12.1 Å². The number of ether oxygens (including phenoxy) is 1.